The number of nitrogens with zero attached hydrogens (tertiary/aromatic N) is 3. The molecule has 4 nitrogen and oxygen atoms in total. The van der Waals surface area contributed by atoms with E-state index in [0.29, 0.717) is 16.4 Å². The molecule has 1 amide bonds. The number of hydrogen-bond donors (Lipinski definition) is 0. The SMILES string of the molecule is Cc1ccc(N2CC(=O)N(c3ccc(C#N)c(C)c3)C2=S)cc1. The van der Waals surface area contributed by atoms with Gasteiger partial charge < -0.3 is 4.90 Å². The Morgan fingerprint density at radius 2 is 1.74 bits per heavy atom. The van der Waals surface area contributed by atoms with Crippen molar-refractivity contribution in [2.24, 2.45) is 0 Å². The van der Waals surface area contributed by atoms with Gasteiger partial charge >= 0.3 is 0 Å². The van der Waals surface area contributed by atoms with Crippen LogP contribution in [0.3, 0.4) is 0 Å². The lowest BCUT2D eigenvalue weighted by Crippen LogP contribution is -2.32. The smallest absolute Gasteiger partial charge is 0.253 e. The van der Waals surface area contributed by atoms with E-state index in [2.05, 4.69) is 6.07 Å². The molecule has 1 aliphatic heterocycles. The number of carbonyl (C=O) groups is 1. The van der Waals surface area contributed by atoms with Gasteiger partial charge in [0.25, 0.3) is 5.91 Å². The van der Waals surface area contributed by atoms with Crippen molar-refractivity contribution in [3.8, 4) is 6.07 Å². The third kappa shape index (κ3) is 2.69. The van der Waals surface area contributed by atoms with Crippen LogP contribution in [-0.2, 0) is 4.79 Å². The van der Waals surface area contributed by atoms with E-state index in [9.17, 15) is 4.79 Å². The van der Waals surface area contributed by atoms with Gasteiger partial charge in [0.1, 0.15) is 6.54 Å². The summed E-state index contributed by atoms with van der Waals surface area (Å²) >= 11 is 5.51. The van der Waals surface area contributed by atoms with E-state index < -0.39 is 0 Å². The van der Waals surface area contributed by atoms with E-state index in [1.165, 1.54) is 4.90 Å². The van der Waals surface area contributed by atoms with Gasteiger partial charge in [-0.1, -0.05) is 17.7 Å². The van der Waals surface area contributed by atoms with E-state index in [1.807, 2.05) is 49.1 Å². The molecule has 0 radical (unpaired) electrons. The molecule has 1 heterocycles. The zero-order valence-electron chi connectivity index (χ0n) is 12.9. The van der Waals surface area contributed by atoms with Crippen molar-refractivity contribution in [2.45, 2.75) is 13.8 Å². The van der Waals surface area contributed by atoms with Crippen molar-refractivity contribution >= 4 is 34.6 Å². The molecule has 0 aliphatic carbocycles. The summed E-state index contributed by atoms with van der Waals surface area (Å²) in [6.07, 6.45) is 0. The number of nitriles is 1. The number of benzene rings is 2. The summed E-state index contributed by atoms with van der Waals surface area (Å²) < 4.78 is 0. The van der Waals surface area contributed by atoms with Gasteiger partial charge in [-0.25, -0.2) is 0 Å². The van der Waals surface area contributed by atoms with Gasteiger partial charge in [-0.3, -0.25) is 9.69 Å². The molecule has 0 aromatic heterocycles. The van der Waals surface area contributed by atoms with E-state index in [4.69, 9.17) is 17.5 Å². The summed E-state index contributed by atoms with van der Waals surface area (Å²) in [6, 6.07) is 15.3. The molecule has 0 saturated carbocycles. The molecule has 2 aromatic carbocycles. The molecule has 0 N–H and O–H groups in total. The molecular weight excluding hydrogens is 306 g/mol. The van der Waals surface area contributed by atoms with Crippen molar-refractivity contribution < 1.29 is 4.79 Å². The minimum Gasteiger partial charge on any atom is -0.309 e. The largest absolute Gasteiger partial charge is 0.309 e. The van der Waals surface area contributed by atoms with Gasteiger partial charge in [0.2, 0.25) is 0 Å². The van der Waals surface area contributed by atoms with Gasteiger partial charge in [0.05, 0.1) is 17.3 Å². The summed E-state index contributed by atoms with van der Waals surface area (Å²) in [5.74, 6) is -0.0697. The van der Waals surface area contributed by atoms with Gasteiger partial charge in [-0.05, 0) is 62.0 Å². The van der Waals surface area contributed by atoms with Crippen LogP contribution in [0.1, 0.15) is 16.7 Å². The van der Waals surface area contributed by atoms with Crippen molar-refractivity contribution in [3.05, 3.63) is 59.2 Å². The third-order valence-electron chi connectivity index (χ3n) is 3.90. The monoisotopic (exact) mass is 321 g/mol. The van der Waals surface area contributed by atoms with E-state index in [1.54, 1.807) is 12.1 Å². The van der Waals surface area contributed by atoms with Crippen LogP contribution in [0.4, 0.5) is 11.4 Å². The fraction of sp³-hybridized carbons (Fsp3) is 0.167. The van der Waals surface area contributed by atoms with Crippen LogP contribution in [0.5, 0.6) is 0 Å². The molecule has 0 spiro atoms. The highest BCUT2D eigenvalue weighted by molar-refractivity contribution is 7.81. The number of hydrogen-bond acceptors (Lipinski definition) is 3. The Morgan fingerprint density at radius 3 is 2.35 bits per heavy atom. The fourth-order valence-electron chi connectivity index (χ4n) is 2.59. The molecule has 1 fully saturated rings. The molecule has 0 bridgehead atoms. The van der Waals surface area contributed by atoms with Gasteiger partial charge in [0, 0.05) is 5.69 Å². The molecule has 23 heavy (non-hydrogen) atoms. The van der Waals surface area contributed by atoms with E-state index in [0.717, 1.165) is 16.8 Å². The molecule has 2 aromatic rings. The number of aryl methyl sites for hydroxylation is 2. The zero-order valence-corrected chi connectivity index (χ0v) is 13.7. The highest BCUT2D eigenvalue weighted by atomic mass is 32.1. The van der Waals surface area contributed by atoms with Crippen LogP contribution >= 0.6 is 12.2 Å². The van der Waals surface area contributed by atoms with E-state index in [-0.39, 0.29) is 12.5 Å². The predicted octanol–water partition coefficient (Wildman–Crippen LogP) is 3.31. The standard InChI is InChI=1S/C18H15N3OS/c1-12-3-6-15(7-4-12)20-11-17(22)21(18(20)23)16-8-5-14(10-19)13(2)9-16/h3-9H,11H2,1-2H3. The summed E-state index contributed by atoms with van der Waals surface area (Å²) in [7, 11) is 0. The average molecular weight is 321 g/mol. The average Bonchev–Trinajstić information content (AvgIpc) is 2.83. The molecule has 3 rings (SSSR count). The lowest BCUT2D eigenvalue weighted by atomic mass is 10.1. The first-order valence-electron chi connectivity index (χ1n) is 7.23. The molecule has 5 heteroatoms. The normalized spacial score (nSPS) is 14.3. The molecule has 1 aliphatic rings. The summed E-state index contributed by atoms with van der Waals surface area (Å²) in [5, 5.41) is 9.49. The topological polar surface area (TPSA) is 47.3 Å². The number of rotatable bonds is 2. The Hall–Kier alpha value is -2.71. The third-order valence-corrected chi connectivity index (χ3v) is 4.30. The lowest BCUT2D eigenvalue weighted by Gasteiger charge is -2.21. The second-order valence-corrected chi connectivity index (χ2v) is 5.91. The summed E-state index contributed by atoms with van der Waals surface area (Å²) in [4.78, 5) is 15.8. The van der Waals surface area contributed by atoms with Crippen LogP contribution < -0.4 is 9.80 Å². The minimum atomic E-state index is -0.0697. The highest BCUT2D eigenvalue weighted by Crippen LogP contribution is 2.27. The van der Waals surface area contributed by atoms with Crippen LogP contribution in [0.2, 0.25) is 0 Å². The minimum absolute atomic E-state index is 0.0697. The first-order chi connectivity index (χ1) is 11.0. The van der Waals surface area contributed by atoms with Gasteiger partial charge in [-0.15, -0.1) is 0 Å². The maximum absolute atomic E-state index is 12.4. The first kappa shape index (κ1) is 15.2. The molecule has 0 atom stereocenters. The maximum Gasteiger partial charge on any atom is 0.253 e. The molecule has 114 valence electrons. The van der Waals surface area contributed by atoms with Crippen molar-refractivity contribution in [2.75, 3.05) is 16.3 Å². The number of amides is 1. The Balaban J connectivity index is 1.94. The zero-order chi connectivity index (χ0) is 16.6. The molecular formula is C18H15N3OS. The van der Waals surface area contributed by atoms with Crippen molar-refractivity contribution in [1.82, 2.24) is 0 Å². The quantitative estimate of drug-likeness (QED) is 0.796. The number of thiocarbonyl (C=S) groups is 1. The summed E-state index contributed by atoms with van der Waals surface area (Å²) in [5.41, 5.74) is 4.19. The predicted molar refractivity (Wildman–Crippen MR) is 94.5 cm³/mol. The Labute approximate surface area is 140 Å². The van der Waals surface area contributed by atoms with Crippen molar-refractivity contribution in [3.63, 3.8) is 0 Å². The Kier molecular flexibility index (Phi) is 3.85. The van der Waals surface area contributed by atoms with Crippen LogP contribution in [0.25, 0.3) is 0 Å². The Morgan fingerprint density at radius 1 is 1.09 bits per heavy atom. The second kappa shape index (κ2) is 5.82. The molecule has 1 saturated heterocycles. The van der Waals surface area contributed by atoms with Crippen LogP contribution in [-0.4, -0.2) is 17.6 Å². The highest BCUT2D eigenvalue weighted by Gasteiger charge is 2.34. The maximum atomic E-state index is 12.4. The summed E-state index contributed by atoms with van der Waals surface area (Å²) in [6.45, 7) is 4.09. The number of anilines is 2. The molecule has 0 unspecified atom stereocenters. The van der Waals surface area contributed by atoms with Crippen LogP contribution in [0, 0.1) is 25.2 Å². The van der Waals surface area contributed by atoms with Gasteiger partial charge in [0.15, 0.2) is 5.11 Å². The Bertz CT molecular complexity index is 836. The lowest BCUT2D eigenvalue weighted by molar-refractivity contribution is -0.115. The number of carbonyl (C=O) groups excluding carboxylic acids is 1. The van der Waals surface area contributed by atoms with Gasteiger partial charge in [-0.2, -0.15) is 5.26 Å². The first-order valence-corrected chi connectivity index (χ1v) is 7.64. The second-order valence-electron chi connectivity index (χ2n) is 5.54. The van der Waals surface area contributed by atoms with Crippen molar-refractivity contribution in [1.29, 1.82) is 5.26 Å². The van der Waals surface area contributed by atoms with Crippen LogP contribution in [0.15, 0.2) is 42.5 Å². The van der Waals surface area contributed by atoms with E-state index >= 15 is 0 Å². The fourth-order valence-corrected chi connectivity index (χ4v) is 2.97.